The van der Waals surface area contributed by atoms with E-state index in [1.807, 2.05) is 18.2 Å². The van der Waals surface area contributed by atoms with E-state index in [9.17, 15) is 4.79 Å². The number of benzene rings is 1. The minimum absolute atomic E-state index is 0.277. The second-order valence-corrected chi connectivity index (χ2v) is 2.44. The number of amides is 1. The maximum absolute atomic E-state index is 11.0. The monoisotopic (exact) mass is 165 g/mol. The van der Waals surface area contributed by atoms with Crippen LogP contribution in [0, 0.1) is 0 Å². The summed E-state index contributed by atoms with van der Waals surface area (Å²) in [6.45, 7) is 0. The summed E-state index contributed by atoms with van der Waals surface area (Å²) in [5, 5.41) is 0. The minimum atomic E-state index is -0.633. The van der Waals surface area contributed by atoms with Crippen molar-refractivity contribution in [3.63, 3.8) is 0 Å². The highest BCUT2D eigenvalue weighted by atomic mass is 17.3. The normalized spacial score (nSPS) is 22.3. The Labute approximate surface area is 69.0 Å². The smallest absolute Gasteiger partial charge is 0.269 e. The number of carbonyl (C=O) groups is 1. The molecule has 1 fully saturated rings. The Bertz CT molecular complexity index is 286. The molecule has 0 radical (unpaired) electrons. The van der Waals surface area contributed by atoms with Crippen molar-refractivity contribution in [1.29, 1.82) is 0 Å². The Hall–Kier alpha value is -1.39. The third-order valence-corrected chi connectivity index (χ3v) is 1.63. The molecule has 1 aromatic carbocycles. The minimum Gasteiger partial charge on any atom is -0.269 e. The van der Waals surface area contributed by atoms with E-state index in [1.54, 1.807) is 12.1 Å². The molecule has 2 rings (SSSR count). The molecule has 0 bridgehead atoms. The predicted molar refractivity (Wildman–Crippen MR) is 39.5 cm³/mol. The van der Waals surface area contributed by atoms with Gasteiger partial charge in [0.2, 0.25) is 6.10 Å². The van der Waals surface area contributed by atoms with Crippen LogP contribution in [-0.4, -0.2) is 5.91 Å². The summed E-state index contributed by atoms with van der Waals surface area (Å²) in [7, 11) is 0. The highest BCUT2D eigenvalue weighted by Crippen LogP contribution is 2.20. The summed E-state index contributed by atoms with van der Waals surface area (Å²) in [6, 6.07) is 9.16. The summed E-state index contributed by atoms with van der Waals surface area (Å²) in [5.41, 5.74) is 2.89. The van der Waals surface area contributed by atoms with Crippen LogP contribution in [0.3, 0.4) is 0 Å². The first-order chi connectivity index (χ1) is 5.88. The molecule has 0 aliphatic carbocycles. The average molecular weight is 165 g/mol. The van der Waals surface area contributed by atoms with E-state index in [4.69, 9.17) is 4.89 Å². The zero-order valence-electron chi connectivity index (χ0n) is 6.19. The molecule has 1 aliphatic heterocycles. The standard InChI is InChI=1S/C8H7NO3/c10-8-7(11-12-9-8)6-4-2-1-3-5-6/h1-5,7H,(H,9,10). The summed E-state index contributed by atoms with van der Waals surface area (Å²) in [5.74, 6) is -0.277. The van der Waals surface area contributed by atoms with Gasteiger partial charge in [-0.2, -0.15) is 10.4 Å². The third kappa shape index (κ3) is 1.17. The molecule has 0 spiro atoms. The molecule has 1 unspecified atom stereocenters. The summed E-state index contributed by atoms with van der Waals surface area (Å²) >= 11 is 0. The Balaban J connectivity index is 2.25. The number of carbonyl (C=O) groups excluding carboxylic acids is 1. The van der Waals surface area contributed by atoms with Crippen LogP contribution >= 0.6 is 0 Å². The van der Waals surface area contributed by atoms with Crippen LogP contribution in [0.25, 0.3) is 0 Å². The predicted octanol–water partition coefficient (Wildman–Crippen LogP) is 0.721. The maximum atomic E-state index is 11.0. The molecule has 0 aromatic heterocycles. The van der Waals surface area contributed by atoms with E-state index in [-0.39, 0.29) is 5.91 Å². The fraction of sp³-hybridized carbons (Fsp3) is 0.125. The molecule has 4 heteroatoms. The number of nitrogens with one attached hydrogen (secondary N) is 1. The zero-order chi connectivity index (χ0) is 8.39. The quantitative estimate of drug-likeness (QED) is 0.624. The third-order valence-electron chi connectivity index (χ3n) is 1.63. The van der Waals surface area contributed by atoms with Crippen LogP contribution in [-0.2, 0) is 14.7 Å². The number of hydroxylamine groups is 1. The van der Waals surface area contributed by atoms with Crippen molar-refractivity contribution in [3.8, 4) is 0 Å². The molecule has 1 aromatic rings. The second-order valence-electron chi connectivity index (χ2n) is 2.44. The first-order valence-electron chi connectivity index (χ1n) is 3.55. The van der Waals surface area contributed by atoms with Crippen molar-refractivity contribution in [2.45, 2.75) is 6.10 Å². The van der Waals surface area contributed by atoms with Gasteiger partial charge in [-0.3, -0.25) is 4.79 Å². The topological polar surface area (TPSA) is 47.6 Å². The highest BCUT2D eigenvalue weighted by molar-refractivity contribution is 5.81. The van der Waals surface area contributed by atoms with Gasteiger partial charge in [-0.15, -0.1) is 4.99 Å². The van der Waals surface area contributed by atoms with Crippen LogP contribution in [0.1, 0.15) is 11.7 Å². The summed E-state index contributed by atoms with van der Waals surface area (Å²) < 4.78 is 0. The first kappa shape index (κ1) is 7.27. The van der Waals surface area contributed by atoms with Gasteiger partial charge in [-0.05, 0) is 5.56 Å². The first-order valence-corrected chi connectivity index (χ1v) is 3.55. The molecule has 62 valence electrons. The molecule has 4 nitrogen and oxygen atoms in total. The molecule has 0 saturated carbocycles. The fourth-order valence-electron chi connectivity index (χ4n) is 1.05. The van der Waals surface area contributed by atoms with Crippen LogP contribution in [0.15, 0.2) is 30.3 Å². The van der Waals surface area contributed by atoms with E-state index in [1.165, 1.54) is 0 Å². The molecule has 12 heavy (non-hydrogen) atoms. The molecule has 1 N–H and O–H groups in total. The van der Waals surface area contributed by atoms with Crippen molar-refractivity contribution < 1.29 is 14.7 Å². The van der Waals surface area contributed by atoms with Crippen molar-refractivity contribution in [3.05, 3.63) is 35.9 Å². The maximum Gasteiger partial charge on any atom is 0.283 e. The molecule has 1 aliphatic rings. The van der Waals surface area contributed by atoms with E-state index in [2.05, 4.69) is 10.5 Å². The van der Waals surface area contributed by atoms with Crippen molar-refractivity contribution in [2.75, 3.05) is 0 Å². The Morgan fingerprint density at radius 1 is 1.25 bits per heavy atom. The summed E-state index contributed by atoms with van der Waals surface area (Å²) in [4.78, 5) is 20.0. The van der Waals surface area contributed by atoms with E-state index in [0.717, 1.165) is 5.56 Å². The van der Waals surface area contributed by atoms with Crippen LogP contribution in [0.5, 0.6) is 0 Å². The van der Waals surface area contributed by atoms with E-state index >= 15 is 0 Å². The van der Waals surface area contributed by atoms with Gasteiger partial charge in [0.25, 0.3) is 5.91 Å². The summed E-state index contributed by atoms with van der Waals surface area (Å²) in [6.07, 6.45) is -0.633. The van der Waals surface area contributed by atoms with Gasteiger partial charge in [-0.1, -0.05) is 30.3 Å². The lowest BCUT2D eigenvalue weighted by atomic mass is 10.1. The van der Waals surface area contributed by atoms with Gasteiger partial charge in [-0.25, -0.2) is 0 Å². The highest BCUT2D eigenvalue weighted by Gasteiger charge is 2.28. The van der Waals surface area contributed by atoms with Gasteiger partial charge < -0.3 is 0 Å². The lowest BCUT2D eigenvalue weighted by Gasteiger charge is -2.01. The SMILES string of the molecule is O=C1NOOC1c1ccccc1. The Morgan fingerprint density at radius 2 is 2.00 bits per heavy atom. The second kappa shape index (κ2) is 2.92. The number of hydrogen-bond donors (Lipinski definition) is 1. The van der Waals surface area contributed by atoms with E-state index in [0.29, 0.717) is 0 Å². The van der Waals surface area contributed by atoms with Crippen LogP contribution < -0.4 is 5.48 Å². The fourth-order valence-corrected chi connectivity index (χ4v) is 1.05. The Morgan fingerprint density at radius 3 is 2.58 bits per heavy atom. The van der Waals surface area contributed by atoms with Gasteiger partial charge in [0, 0.05) is 0 Å². The van der Waals surface area contributed by atoms with Crippen molar-refractivity contribution in [1.82, 2.24) is 5.48 Å². The molecular weight excluding hydrogens is 158 g/mol. The number of rotatable bonds is 1. The van der Waals surface area contributed by atoms with Crippen LogP contribution in [0.4, 0.5) is 0 Å². The van der Waals surface area contributed by atoms with Gasteiger partial charge >= 0.3 is 0 Å². The number of hydrogen-bond acceptors (Lipinski definition) is 3. The lowest BCUT2D eigenvalue weighted by molar-refractivity contribution is -0.308. The molecular formula is C8H7NO3. The average Bonchev–Trinajstić information content (AvgIpc) is 2.53. The van der Waals surface area contributed by atoms with E-state index < -0.39 is 6.10 Å². The molecule has 1 amide bonds. The van der Waals surface area contributed by atoms with Crippen molar-refractivity contribution >= 4 is 5.91 Å². The van der Waals surface area contributed by atoms with Gasteiger partial charge in [0.1, 0.15) is 0 Å². The zero-order valence-corrected chi connectivity index (χ0v) is 6.19. The largest absolute Gasteiger partial charge is 0.283 e. The van der Waals surface area contributed by atoms with Crippen molar-refractivity contribution in [2.24, 2.45) is 0 Å². The lowest BCUT2D eigenvalue weighted by Crippen LogP contribution is -2.16. The molecule has 1 saturated heterocycles. The molecule has 1 atom stereocenters. The van der Waals surface area contributed by atoms with Crippen LogP contribution in [0.2, 0.25) is 0 Å². The van der Waals surface area contributed by atoms with Gasteiger partial charge in [0.05, 0.1) is 0 Å². The molecule has 1 heterocycles. The Kier molecular flexibility index (Phi) is 1.77. The van der Waals surface area contributed by atoms with Gasteiger partial charge in [0.15, 0.2) is 0 Å².